The molecule has 0 spiro atoms. The van der Waals surface area contributed by atoms with E-state index in [2.05, 4.69) is 11.4 Å². The Kier molecular flexibility index (Phi) is 6.97. The summed E-state index contributed by atoms with van der Waals surface area (Å²) in [6, 6.07) is 8.32. The molecule has 0 bridgehead atoms. The number of nitrogens with one attached hydrogen (secondary N) is 1. The first-order chi connectivity index (χ1) is 16.0. The third-order valence-electron chi connectivity index (χ3n) is 6.31. The Morgan fingerprint density at radius 1 is 1.24 bits per heavy atom. The minimum atomic E-state index is -0.283. The largest absolute Gasteiger partial charge is 0.496 e. The molecule has 2 aromatic carbocycles. The van der Waals surface area contributed by atoms with Crippen molar-refractivity contribution in [3.05, 3.63) is 71.3 Å². The van der Waals surface area contributed by atoms with Crippen LogP contribution < -0.4 is 10.1 Å². The fourth-order valence-electron chi connectivity index (χ4n) is 4.53. The molecule has 33 heavy (non-hydrogen) atoms. The molecule has 0 fully saturated rings. The van der Waals surface area contributed by atoms with E-state index in [1.807, 2.05) is 19.9 Å². The Bertz CT molecular complexity index is 1220. The van der Waals surface area contributed by atoms with Crippen LogP contribution in [-0.4, -0.2) is 19.6 Å². The number of methoxy groups -OCH3 is 1. The first-order valence-corrected chi connectivity index (χ1v) is 11.5. The molecule has 0 radical (unpaired) electrons. The molecule has 1 aliphatic rings. The quantitative estimate of drug-likeness (QED) is 0.314. The zero-order valence-corrected chi connectivity index (χ0v) is 19.5. The van der Waals surface area contributed by atoms with Crippen molar-refractivity contribution in [2.45, 2.75) is 46.0 Å². The first-order valence-electron chi connectivity index (χ1n) is 11.5. The van der Waals surface area contributed by atoms with Crippen LogP contribution in [0.2, 0.25) is 0 Å². The van der Waals surface area contributed by atoms with E-state index in [4.69, 9.17) is 9.15 Å². The van der Waals surface area contributed by atoms with Gasteiger partial charge in [-0.15, -0.1) is 0 Å². The molecule has 1 aliphatic carbocycles. The minimum absolute atomic E-state index is 0.116. The van der Waals surface area contributed by atoms with Crippen molar-refractivity contribution in [2.24, 2.45) is 0 Å². The molecular formula is C28H30FNO3. The molecule has 5 heteroatoms. The van der Waals surface area contributed by atoms with Crippen LogP contribution in [0.15, 0.2) is 58.7 Å². The average molecular weight is 448 g/mol. The summed E-state index contributed by atoms with van der Waals surface area (Å²) in [5, 5.41) is 3.90. The monoisotopic (exact) mass is 447 g/mol. The third kappa shape index (κ3) is 5.03. The van der Waals surface area contributed by atoms with E-state index in [0.717, 1.165) is 52.5 Å². The molecule has 3 aromatic rings. The van der Waals surface area contributed by atoms with Crippen LogP contribution >= 0.6 is 0 Å². The molecule has 1 N–H and O–H groups in total. The second-order valence-corrected chi connectivity index (χ2v) is 8.59. The number of aryl methyl sites for hydroxylation is 1. The Hall–Kier alpha value is -3.34. The summed E-state index contributed by atoms with van der Waals surface area (Å²) in [6.07, 6.45) is 11.3. The second-order valence-electron chi connectivity index (χ2n) is 8.59. The molecule has 1 aromatic heterocycles. The van der Waals surface area contributed by atoms with Crippen molar-refractivity contribution >= 4 is 22.4 Å². The number of furan rings is 1. The standard InChI is InChI=1S/C28H30FNO3/c1-18(15-26(31)30-14-13-20-7-5-4-6-8-20)23-16-24-25(21-9-11-22(29)12-10-21)17-33-28(24)19(2)27(23)32-3/h7,9-12,15-17H,4-6,8,13-14H2,1-3H3,(H,30,31)/b18-15+. The van der Waals surface area contributed by atoms with Gasteiger partial charge in [-0.3, -0.25) is 4.79 Å². The van der Waals surface area contributed by atoms with Crippen molar-refractivity contribution in [2.75, 3.05) is 13.7 Å². The van der Waals surface area contributed by atoms with Crippen LogP contribution in [0.4, 0.5) is 4.39 Å². The van der Waals surface area contributed by atoms with Gasteiger partial charge in [-0.1, -0.05) is 23.8 Å². The summed E-state index contributed by atoms with van der Waals surface area (Å²) in [5.41, 5.74) is 6.38. The van der Waals surface area contributed by atoms with Crippen LogP contribution in [0.1, 0.15) is 50.2 Å². The van der Waals surface area contributed by atoms with Gasteiger partial charge in [0, 0.05) is 34.7 Å². The number of carbonyl (C=O) groups is 1. The van der Waals surface area contributed by atoms with E-state index in [0.29, 0.717) is 17.9 Å². The zero-order chi connectivity index (χ0) is 23.4. The Labute approximate surface area is 194 Å². The lowest BCUT2D eigenvalue weighted by Crippen LogP contribution is -2.23. The maximum Gasteiger partial charge on any atom is 0.244 e. The van der Waals surface area contributed by atoms with Gasteiger partial charge in [0.2, 0.25) is 5.91 Å². The lowest BCUT2D eigenvalue weighted by molar-refractivity contribution is -0.116. The molecule has 1 amide bonds. The van der Waals surface area contributed by atoms with Gasteiger partial charge in [0.25, 0.3) is 0 Å². The predicted molar refractivity (Wildman–Crippen MR) is 131 cm³/mol. The summed E-state index contributed by atoms with van der Waals surface area (Å²) in [5.74, 6) is 0.278. The van der Waals surface area contributed by atoms with Gasteiger partial charge in [-0.05, 0) is 75.3 Å². The molecule has 4 rings (SSSR count). The van der Waals surface area contributed by atoms with Gasteiger partial charge < -0.3 is 14.5 Å². The highest BCUT2D eigenvalue weighted by molar-refractivity contribution is 6.01. The molecule has 0 aliphatic heterocycles. The van der Waals surface area contributed by atoms with Gasteiger partial charge >= 0.3 is 0 Å². The van der Waals surface area contributed by atoms with Crippen LogP contribution in [0.5, 0.6) is 5.75 Å². The number of carbonyl (C=O) groups excluding carboxylic acids is 1. The van der Waals surface area contributed by atoms with Gasteiger partial charge in [0.1, 0.15) is 17.1 Å². The predicted octanol–water partition coefficient (Wildman–Crippen LogP) is 6.97. The molecular weight excluding hydrogens is 417 g/mol. The molecule has 0 saturated carbocycles. The number of hydrogen-bond acceptors (Lipinski definition) is 3. The summed E-state index contributed by atoms with van der Waals surface area (Å²) >= 11 is 0. The lowest BCUT2D eigenvalue weighted by atomic mass is 9.96. The van der Waals surface area contributed by atoms with Crippen LogP contribution in [0.25, 0.3) is 27.7 Å². The molecule has 0 saturated heterocycles. The van der Waals surface area contributed by atoms with Crippen molar-refractivity contribution in [1.29, 1.82) is 0 Å². The highest BCUT2D eigenvalue weighted by Crippen LogP contribution is 2.40. The third-order valence-corrected chi connectivity index (χ3v) is 6.31. The van der Waals surface area contributed by atoms with E-state index in [1.54, 1.807) is 31.6 Å². The topological polar surface area (TPSA) is 51.5 Å². The average Bonchev–Trinajstić information content (AvgIpc) is 3.24. The van der Waals surface area contributed by atoms with Gasteiger partial charge in [-0.25, -0.2) is 4.39 Å². The Morgan fingerprint density at radius 2 is 2.03 bits per heavy atom. The van der Waals surface area contributed by atoms with Gasteiger partial charge in [0.15, 0.2) is 0 Å². The fraction of sp³-hybridized carbons (Fsp3) is 0.321. The Balaban J connectivity index is 1.61. The number of hydrogen-bond donors (Lipinski definition) is 1. The molecule has 172 valence electrons. The molecule has 1 heterocycles. The smallest absolute Gasteiger partial charge is 0.244 e. The number of rotatable bonds is 7. The normalized spacial score (nSPS) is 14.3. The van der Waals surface area contributed by atoms with E-state index >= 15 is 0 Å². The summed E-state index contributed by atoms with van der Waals surface area (Å²) in [6.45, 7) is 4.48. The number of allylic oxidation sites excluding steroid dienone is 2. The van der Waals surface area contributed by atoms with E-state index < -0.39 is 0 Å². The molecule has 4 nitrogen and oxygen atoms in total. The second kappa shape index (κ2) is 10.1. The van der Waals surface area contributed by atoms with Crippen molar-refractivity contribution in [1.82, 2.24) is 5.32 Å². The summed E-state index contributed by atoms with van der Waals surface area (Å²) < 4.78 is 24.9. The SMILES string of the molecule is COc1c(/C(C)=C/C(=O)NCCC2=CCCCC2)cc2c(-c3ccc(F)cc3)coc2c1C. The molecule has 0 unspecified atom stereocenters. The van der Waals surface area contributed by atoms with E-state index in [9.17, 15) is 9.18 Å². The Morgan fingerprint density at radius 3 is 2.73 bits per heavy atom. The number of halogens is 1. The van der Waals surface area contributed by atoms with E-state index in [1.165, 1.54) is 30.5 Å². The molecule has 0 atom stereocenters. The highest BCUT2D eigenvalue weighted by atomic mass is 19.1. The van der Waals surface area contributed by atoms with Gasteiger partial charge in [-0.2, -0.15) is 0 Å². The zero-order valence-electron chi connectivity index (χ0n) is 19.5. The number of amides is 1. The lowest BCUT2D eigenvalue weighted by Gasteiger charge is -2.14. The maximum atomic E-state index is 13.4. The van der Waals surface area contributed by atoms with Crippen LogP contribution in [-0.2, 0) is 4.79 Å². The minimum Gasteiger partial charge on any atom is -0.496 e. The highest BCUT2D eigenvalue weighted by Gasteiger charge is 2.19. The summed E-state index contributed by atoms with van der Waals surface area (Å²) in [4.78, 5) is 12.6. The number of fused-ring (bicyclic) bond motifs is 1. The maximum absolute atomic E-state index is 13.4. The van der Waals surface area contributed by atoms with Crippen LogP contribution in [0.3, 0.4) is 0 Å². The number of ether oxygens (including phenoxy) is 1. The van der Waals surface area contributed by atoms with Crippen molar-refractivity contribution < 1.29 is 18.3 Å². The van der Waals surface area contributed by atoms with Crippen LogP contribution in [0, 0.1) is 12.7 Å². The van der Waals surface area contributed by atoms with Gasteiger partial charge in [0.05, 0.1) is 13.4 Å². The number of benzene rings is 2. The van der Waals surface area contributed by atoms with Crippen molar-refractivity contribution in [3.63, 3.8) is 0 Å². The van der Waals surface area contributed by atoms with E-state index in [-0.39, 0.29) is 11.7 Å². The summed E-state index contributed by atoms with van der Waals surface area (Å²) in [7, 11) is 1.62. The first kappa shape index (κ1) is 22.8. The fourth-order valence-corrected chi connectivity index (χ4v) is 4.53. The van der Waals surface area contributed by atoms with Crippen molar-refractivity contribution in [3.8, 4) is 16.9 Å².